The van der Waals surface area contributed by atoms with Gasteiger partial charge in [0, 0.05) is 30.7 Å². The van der Waals surface area contributed by atoms with Gasteiger partial charge < -0.3 is 15.0 Å². The third-order valence-corrected chi connectivity index (χ3v) is 3.53. The third kappa shape index (κ3) is 2.82. The molecule has 2 aromatic heterocycles. The van der Waals surface area contributed by atoms with Crippen molar-refractivity contribution in [3.63, 3.8) is 0 Å². The summed E-state index contributed by atoms with van der Waals surface area (Å²) in [5, 5.41) is 5.53. The average molecular weight is 268 g/mol. The number of aromatic nitrogens is 2. The quantitative estimate of drug-likeness (QED) is 0.861. The second-order valence-corrected chi connectivity index (χ2v) is 5.54. The number of nitrogens with one attached hydrogen (secondary N) is 1. The van der Waals surface area contributed by atoms with Crippen molar-refractivity contribution in [2.75, 3.05) is 27.7 Å². The highest BCUT2D eigenvalue weighted by Gasteiger charge is 2.14. The van der Waals surface area contributed by atoms with Gasteiger partial charge in [-0.1, -0.05) is 0 Å². The smallest absolute Gasteiger partial charge is 0.237 e. The van der Waals surface area contributed by atoms with Crippen molar-refractivity contribution in [3.05, 3.63) is 17.3 Å². The van der Waals surface area contributed by atoms with Crippen molar-refractivity contribution in [1.29, 1.82) is 0 Å². The number of imidazole rings is 1. The van der Waals surface area contributed by atoms with Crippen LogP contribution < -0.4 is 10.1 Å². The molecule has 0 aliphatic rings. The van der Waals surface area contributed by atoms with Gasteiger partial charge in [-0.15, -0.1) is 11.3 Å². The minimum atomic E-state index is 0.425. The van der Waals surface area contributed by atoms with Crippen molar-refractivity contribution in [3.8, 4) is 5.88 Å². The molecule has 2 heterocycles. The Morgan fingerprint density at radius 1 is 1.56 bits per heavy atom. The normalized spacial score (nSPS) is 13.4. The van der Waals surface area contributed by atoms with Gasteiger partial charge in [0.2, 0.25) is 5.88 Å². The van der Waals surface area contributed by atoms with Crippen LogP contribution >= 0.6 is 11.3 Å². The molecule has 0 aliphatic carbocycles. The summed E-state index contributed by atoms with van der Waals surface area (Å²) in [7, 11) is 5.82. The Bertz CT molecular complexity index is 505. The molecule has 0 bridgehead atoms. The van der Waals surface area contributed by atoms with Gasteiger partial charge >= 0.3 is 0 Å². The zero-order valence-corrected chi connectivity index (χ0v) is 12.1. The Hall–Kier alpha value is -1.11. The molecule has 6 heteroatoms. The fraction of sp³-hybridized carbons (Fsp3) is 0.583. The first-order valence-electron chi connectivity index (χ1n) is 5.98. The third-order valence-electron chi connectivity index (χ3n) is 2.77. The van der Waals surface area contributed by atoms with Crippen LogP contribution in [0.3, 0.4) is 0 Å². The highest BCUT2D eigenvalue weighted by atomic mass is 32.1. The molecule has 100 valence electrons. The second kappa shape index (κ2) is 5.69. The topological polar surface area (TPSA) is 41.8 Å². The number of nitrogens with zero attached hydrogens (tertiary/aromatic N) is 3. The van der Waals surface area contributed by atoms with Gasteiger partial charge in [0.05, 0.1) is 7.11 Å². The minimum absolute atomic E-state index is 0.425. The fourth-order valence-corrected chi connectivity index (χ4v) is 2.74. The molecule has 0 saturated carbocycles. The van der Waals surface area contributed by atoms with Crippen LogP contribution in [0.2, 0.25) is 0 Å². The van der Waals surface area contributed by atoms with Gasteiger partial charge in [-0.25, -0.2) is 0 Å². The summed E-state index contributed by atoms with van der Waals surface area (Å²) < 4.78 is 7.41. The average Bonchev–Trinajstić information content (AvgIpc) is 2.85. The molecule has 0 aliphatic heterocycles. The van der Waals surface area contributed by atoms with Gasteiger partial charge in [-0.2, -0.15) is 4.98 Å². The number of fused-ring (bicyclic) bond motifs is 1. The van der Waals surface area contributed by atoms with E-state index in [1.54, 1.807) is 18.4 Å². The van der Waals surface area contributed by atoms with Gasteiger partial charge in [0.1, 0.15) is 5.69 Å². The van der Waals surface area contributed by atoms with Crippen LogP contribution in [0, 0.1) is 0 Å². The maximum atomic E-state index is 5.33. The molecule has 1 atom stereocenters. The molecule has 1 unspecified atom stereocenters. The molecular formula is C12H20N4OS. The van der Waals surface area contributed by atoms with Crippen molar-refractivity contribution in [2.45, 2.75) is 19.5 Å². The molecule has 0 spiro atoms. The zero-order chi connectivity index (χ0) is 13.1. The van der Waals surface area contributed by atoms with Crippen LogP contribution in [0.5, 0.6) is 5.88 Å². The fourth-order valence-electron chi connectivity index (χ4n) is 2.02. The van der Waals surface area contributed by atoms with Crippen molar-refractivity contribution < 1.29 is 4.74 Å². The second-order valence-electron chi connectivity index (χ2n) is 4.67. The lowest BCUT2D eigenvalue weighted by Crippen LogP contribution is -2.35. The predicted molar refractivity (Wildman–Crippen MR) is 74.5 cm³/mol. The molecule has 0 aromatic carbocycles. The van der Waals surface area contributed by atoms with E-state index in [-0.39, 0.29) is 0 Å². The predicted octanol–water partition coefficient (Wildman–Crippen LogP) is 1.44. The Labute approximate surface area is 111 Å². The van der Waals surface area contributed by atoms with E-state index in [9.17, 15) is 0 Å². The minimum Gasteiger partial charge on any atom is -0.480 e. The first-order chi connectivity index (χ1) is 8.61. The Kier molecular flexibility index (Phi) is 4.21. The van der Waals surface area contributed by atoms with Crippen molar-refractivity contribution >= 4 is 16.3 Å². The van der Waals surface area contributed by atoms with Crippen LogP contribution in [0.4, 0.5) is 0 Å². The Morgan fingerprint density at radius 2 is 2.33 bits per heavy atom. The van der Waals surface area contributed by atoms with Gasteiger partial charge in [-0.3, -0.25) is 4.40 Å². The van der Waals surface area contributed by atoms with E-state index in [0.29, 0.717) is 11.9 Å². The van der Waals surface area contributed by atoms with E-state index in [4.69, 9.17) is 4.74 Å². The summed E-state index contributed by atoms with van der Waals surface area (Å²) in [6.45, 7) is 3.95. The first kappa shape index (κ1) is 13.3. The van der Waals surface area contributed by atoms with E-state index in [1.807, 2.05) is 11.6 Å². The molecule has 1 N–H and O–H groups in total. The summed E-state index contributed by atoms with van der Waals surface area (Å²) in [5.74, 6) is 0.714. The Balaban J connectivity index is 2.08. The number of hydrogen-bond donors (Lipinski definition) is 1. The maximum Gasteiger partial charge on any atom is 0.237 e. The zero-order valence-electron chi connectivity index (χ0n) is 11.3. The lowest BCUT2D eigenvalue weighted by molar-refractivity contribution is 0.344. The summed E-state index contributed by atoms with van der Waals surface area (Å²) in [6.07, 6.45) is 2.03. The van der Waals surface area contributed by atoms with E-state index in [2.05, 4.69) is 40.6 Å². The monoisotopic (exact) mass is 268 g/mol. The van der Waals surface area contributed by atoms with Crippen LogP contribution in [-0.2, 0) is 6.54 Å². The van der Waals surface area contributed by atoms with Crippen molar-refractivity contribution in [1.82, 2.24) is 19.6 Å². The van der Waals surface area contributed by atoms with E-state index in [1.165, 1.54) is 0 Å². The molecule has 2 aromatic rings. The molecule has 0 fully saturated rings. The number of methoxy groups -OCH3 is 1. The molecule has 0 saturated heterocycles. The van der Waals surface area contributed by atoms with E-state index < -0.39 is 0 Å². The molecular weight excluding hydrogens is 248 g/mol. The van der Waals surface area contributed by atoms with Crippen LogP contribution in [0.25, 0.3) is 4.96 Å². The van der Waals surface area contributed by atoms with Gasteiger partial charge in [0.15, 0.2) is 4.96 Å². The summed E-state index contributed by atoms with van der Waals surface area (Å²) in [4.78, 5) is 7.59. The molecule has 0 radical (unpaired) electrons. The number of hydrogen-bond acceptors (Lipinski definition) is 5. The maximum absolute atomic E-state index is 5.33. The molecule has 0 amide bonds. The summed E-state index contributed by atoms with van der Waals surface area (Å²) in [5.41, 5.74) is 1.08. The van der Waals surface area contributed by atoms with E-state index in [0.717, 1.165) is 23.7 Å². The van der Waals surface area contributed by atoms with E-state index >= 15 is 0 Å². The molecule has 5 nitrogen and oxygen atoms in total. The highest BCUT2D eigenvalue weighted by Crippen LogP contribution is 2.22. The first-order valence-corrected chi connectivity index (χ1v) is 6.86. The summed E-state index contributed by atoms with van der Waals surface area (Å²) in [6, 6.07) is 0.425. The molecule has 18 heavy (non-hydrogen) atoms. The highest BCUT2D eigenvalue weighted by molar-refractivity contribution is 7.15. The lowest BCUT2D eigenvalue weighted by atomic mass is 10.3. The SMILES string of the molecule is COc1nc2sccn2c1CNC(C)CN(C)C. The van der Waals surface area contributed by atoms with Crippen LogP contribution in [-0.4, -0.2) is 48.1 Å². The number of rotatable bonds is 6. The van der Waals surface area contributed by atoms with Gasteiger partial charge in [0.25, 0.3) is 0 Å². The largest absolute Gasteiger partial charge is 0.480 e. The summed E-state index contributed by atoms with van der Waals surface area (Å²) >= 11 is 1.62. The standard InChI is InChI=1S/C12H20N4OS/c1-9(8-15(2)3)13-7-10-11(17-4)14-12-16(10)5-6-18-12/h5-6,9,13H,7-8H2,1-4H3. The number of thiazole rings is 1. The van der Waals surface area contributed by atoms with Crippen LogP contribution in [0.15, 0.2) is 11.6 Å². The molecule has 2 rings (SSSR count). The Morgan fingerprint density at radius 3 is 3.00 bits per heavy atom. The van der Waals surface area contributed by atoms with Gasteiger partial charge in [-0.05, 0) is 21.0 Å². The number of likely N-dealkylation sites (N-methyl/N-ethyl adjacent to an activating group) is 1. The lowest BCUT2D eigenvalue weighted by Gasteiger charge is -2.18. The number of ether oxygens (including phenoxy) is 1. The van der Waals surface area contributed by atoms with Crippen molar-refractivity contribution in [2.24, 2.45) is 0 Å². The van der Waals surface area contributed by atoms with Crippen LogP contribution in [0.1, 0.15) is 12.6 Å².